The van der Waals surface area contributed by atoms with Gasteiger partial charge in [0.05, 0.1) is 0 Å². The summed E-state index contributed by atoms with van der Waals surface area (Å²) in [5.74, 6) is 1.74. The molecule has 0 bridgehead atoms. The molecule has 1 N–H and O–H groups in total. The number of nitrogens with zero attached hydrogens (tertiary/aromatic N) is 2. The highest BCUT2D eigenvalue weighted by Crippen LogP contribution is 2.30. The van der Waals surface area contributed by atoms with Gasteiger partial charge in [0.15, 0.2) is 0 Å². The number of aromatic nitrogens is 1. The second-order valence-electron chi connectivity index (χ2n) is 5.89. The maximum Gasteiger partial charge on any atom is 0.124 e. The van der Waals surface area contributed by atoms with Crippen LogP contribution in [-0.4, -0.2) is 18.6 Å². The van der Waals surface area contributed by atoms with Gasteiger partial charge in [0.1, 0.15) is 17.5 Å². The lowest BCUT2D eigenvalue weighted by Gasteiger charge is -2.27. The van der Waals surface area contributed by atoms with Crippen molar-refractivity contribution < 1.29 is 0 Å². The van der Waals surface area contributed by atoms with Crippen molar-refractivity contribution in [2.24, 2.45) is 5.92 Å². The standard InChI is InChI=1S/C17H21N3/c1-20(12-13-7-3-2-4-8-13)17-15(11-18)14-9-5-6-10-16(14)19-17/h5-6,9-10,13,19H,2-4,7-8,12H2,1H3. The Kier molecular flexibility index (Phi) is 3.64. The topological polar surface area (TPSA) is 42.8 Å². The highest BCUT2D eigenvalue weighted by molar-refractivity contribution is 5.91. The van der Waals surface area contributed by atoms with E-state index in [-0.39, 0.29) is 0 Å². The maximum absolute atomic E-state index is 9.46. The molecule has 1 aromatic heterocycles. The minimum atomic E-state index is 0.770. The summed E-state index contributed by atoms with van der Waals surface area (Å²) < 4.78 is 0. The molecule has 0 saturated heterocycles. The molecule has 1 fully saturated rings. The van der Waals surface area contributed by atoms with Crippen LogP contribution in [0.15, 0.2) is 24.3 Å². The molecule has 3 rings (SSSR count). The van der Waals surface area contributed by atoms with Gasteiger partial charge >= 0.3 is 0 Å². The zero-order chi connectivity index (χ0) is 13.9. The van der Waals surface area contributed by atoms with Crippen LogP contribution in [0.1, 0.15) is 37.7 Å². The summed E-state index contributed by atoms with van der Waals surface area (Å²) in [7, 11) is 2.10. The molecule has 1 aromatic carbocycles. The van der Waals surface area contributed by atoms with E-state index in [0.717, 1.165) is 34.7 Å². The molecule has 104 valence electrons. The Balaban J connectivity index is 1.87. The average Bonchev–Trinajstić information content (AvgIpc) is 2.87. The van der Waals surface area contributed by atoms with E-state index in [1.165, 1.54) is 32.1 Å². The van der Waals surface area contributed by atoms with Crippen molar-refractivity contribution >= 4 is 16.7 Å². The largest absolute Gasteiger partial charge is 0.360 e. The van der Waals surface area contributed by atoms with Gasteiger partial charge in [-0.2, -0.15) is 5.26 Å². The van der Waals surface area contributed by atoms with E-state index in [9.17, 15) is 5.26 Å². The number of hydrogen-bond donors (Lipinski definition) is 1. The normalized spacial score (nSPS) is 16.2. The molecule has 1 saturated carbocycles. The van der Waals surface area contributed by atoms with Gasteiger partial charge < -0.3 is 9.88 Å². The van der Waals surface area contributed by atoms with E-state index >= 15 is 0 Å². The minimum Gasteiger partial charge on any atom is -0.360 e. The molecule has 0 spiro atoms. The number of nitrogens with one attached hydrogen (secondary N) is 1. The van der Waals surface area contributed by atoms with Crippen LogP contribution in [0.3, 0.4) is 0 Å². The second kappa shape index (κ2) is 5.58. The molecule has 0 unspecified atom stereocenters. The fraction of sp³-hybridized carbons (Fsp3) is 0.471. The molecule has 2 aromatic rings. The monoisotopic (exact) mass is 267 g/mol. The molecule has 3 nitrogen and oxygen atoms in total. The Labute approximate surface area is 120 Å². The van der Waals surface area contributed by atoms with Crippen molar-refractivity contribution in [3.8, 4) is 6.07 Å². The maximum atomic E-state index is 9.46. The van der Waals surface area contributed by atoms with Gasteiger partial charge in [0.25, 0.3) is 0 Å². The molecule has 20 heavy (non-hydrogen) atoms. The van der Waals surface area contributed by atoms with Crippen LogP contribution in [0.2, 0.25) is 0 Å². The summed E-state index contributed by atoms with van der Waals surface area (Å²) in [4.78, 5) is 5.64. The predicted molar refractivity (Wildman–Crippen MR) is 82.9 cm³/mol. The number of rotatable bonds is 3. The molecule has 0 aliphatic heterocycles. The van der Waals surface area contributed by atoms with Gasteiger partial charge in [-0.05, 0) is 24.8 Å². The highest BCUT2D eigenvalue weighted by atomic mass is 15.2. The van der Waals surface area contributed by atoms with Crippen molar-refractivity contribution in [1.29, 1.82) is 5.26 Å². The van der Waals surface area contributed by atoms with Crippen molar-refractivity contribution in [3.05, 3.63) is 29.8 Å². The SMILES string of the molecule is CN(CC1CCCCC1)c1[nH]c2ccccc2c1C#N. The predicted octanol–water partition coefficient (Wildman–Crippen LogP) is 4.06. The molecule has 1 heterocycles. The number of hydrogen-bond acceptors (Lipinski definition) is 2. The molecule has 1 aliphatic carbocycles. The number of nitriles is 1. The Morgan fingerprint density at radius 1 is 1.25 bits per heavy atom. The molecule has 3 heteroatoms. The fourth-order valence-electron chi connectivity index (χ4n) is 3.38. The molecule has 0 amide bonds. The summed E-state index contributed by atoms with van der Waals surface area (Å²) in [6.07, 6.45) is 6.75. The first kappa shape index (κ1) is 13.1. The van der Waals surface area contributed by atoms with E-state index in [0.29, 0.717) is 0 Å². The Hall–Kier alpha value is -1.95. The number of anilines is 1. The van der Waals surface area contributed by atoms with Gasteiger partial charge in [-0.1, -0.05) is 37.5 Å². The molecule has 0 radical (unpaired) electrons. The first-order valence-electron chi connectivity index (χ1n) is 7.51. The number of H-pyrrole nitrogens is 1. The third-order valence-corrected chi connectivity index (χ3v) is 4.44. The Morgan fingerprint density at radius 2 is 2.00 bits per heavy atom. The summed E-state index contributed by atoms with van der Waals surface area (Å²) >= 11 is 0. The summed E-state index contributed by atoms with van der Waals surface area (Å²) in [6.45, 7) is 1.04. The molecule has 0 atom stereocenters. The van der Waals surface area contributed by atoms with Crippen molar-refractivity contribution in [3.63, 3.8) is 0 Å². The fourth-order valence-corrected chi connectivity index (χ4v) is 3.38. The van der Waals surface area contributed by atoms with Crippen LogP contribution in [-0.2, 0) is 0 Å². The first-order valence-corrected chi connectivity index (χ1v) is 7.51. The van der Waals surface area contributed by atoms with E-state index in [2.05, 4.69) is 23.0 Å². The minimum absolute atomic E-state index is 0.770. The van der Waals surface area contributed by atoms with Crippen LogP contribution >= 0.6 is 0 Å². The molecule has 1 aliphatic rings. The highest BCUT2D eigenvalue weighted by Gasteiger charge is 2.19. The van der Waals surface area contributed by atoms with Crippen molar-refractivity contribution in [2.75, 3.05) is 18.5 Å². The first-order chi connectivity index (χ1) is 9.79. The van der Waals surface area contributed by atoms with Gasteiger partial charge in [0.2, 0.25) is 0 Å². The molecular formula is C17H21N3. The third kappa shape index (κ3) is 2.38. The van der Waals surface area contributed by atoms with E-state index in [1.807, 2.05) is 24.3 Å². The lowest BCUT2D eigenvalue weighted by Crippen LogP contribution is -2.27. The average molecular weight is 267 g/mol. The van der Waals surface area contributed by atoms with Gasteiger partial charge in [-0.15, -0.1) is 0 Å². The number of para-hydroxylation sites is 1. The van der Waals surface area contributed by atoms with Gasteiger partial charge in [-0.25, -0.2) is 0 Å². The summed E-state index contributed by atoms with van der Waals surface area (Å²) in [6, 6.07) is 10.4. The van der Waals surface area contributed by atoms with Gasteiger partial charge in [0, 0.05) is 24.5 Å². The van der Waals surface area contributed by atoms with E-state index in [1.54, 1.807) is 0 Å². The number of benzene rings is 1. The second-order valence-corrected chi connectivity index (χ2v) is 5.89. The zero-order valence-corrected chi connectivity index (χ0v) is 12.0. The smallest absolute Gasteiger partial charge is 0.124 e. The Bertz CT molecular complexity index is 629. The van der Waals surface area contributed by atoms with Gasteiger partial charge in [-0.3, -0.25) is 0 Å². The van der Waals surface area contributed by atoms with Crippen LogP contribution in [0.5, 0.6) is 0 Å². The Morgan fingerprint density at radius 3 is 2.75 bits per heavy atom. The number of fused-ring (bicyclic) bond motifs is 1. The molecular weight excluding hydrogens is 246 g/mol. The van der Waals surface area contributed by atoms with E-state index < -0.39 is 0 Å². The summed E-state index contributed by atoms with van der Waals surface area (Å²) in [5, 5.41) is 10.5. The lowest BCUT2D eigenvalue weighted by molar-refractivity contribution is 0.361. The van der Waals surface area contributed by atoms with Crippen LogP contribution < -0.4 is 4.90 Å². The summed E-state index contributed by atoms with van der Waals surface area (Å²) in [5.41, 5.74) is 1.83. The van der Waals surface area contributed by atoms with Crippen LogP contribution in [0.4, 0.5) is 5.82 Å². The van der Waals surface area contributed by atoms with Crippen LogP contribution in [0, 0.1) is 17.2 Å². The van der Waals surface area contributed by atoms with Crippen LogP contribution in [0.25, 0.3) is 10.9 Å². The zero-order valence-electron chi connectivity index (χ0n) is 12.0. The lowest BCUT2D eigenvalue weighted by atomic mass is 9.89. The van der Waals surface area contributed by atoms with Crippen molar-refractivity contribution in [1.82, 2.24) is 4.98 Å². The quantitative estimate of drug-likeness (QED) is 0.911. The van der Waals surface area contributed by atoms with Crippen molar-refractivity contribution in [2.45, 2.75) is 32.1 Å². The van der Waals surface area contributed by atoms with E-state index in [4.69, 9.17) is 0 Å². The number of aromatic amines is 1. The third-order valence-electron chi connectivity index (χ3n) is 4.44.